The summed E-state index contributed by atoms with van der Waals surface area (Å²) in [6.07, 6.45) is 2.51. The van der Waals surface area contributed by atoms with Crippen LogP contribution in [0.2, 0.25) is 5.02 Å². The first-order valence-electron chi connectivity index (χ1n) is 5.78. The van der Waals surface area contributed by atoms with Crippen molar-refractivity contribution in [1.82, 2.24) is 14.6 Å². The summed E-state index contributed by atoms with van der Waals surface area (Å²) < 4.78 is 1.72. The first kappa shape index (κ1) is 11.2. The number of hydrogen-bond acceptors (Lipinski definition) is 2. The molecule has 0 aliphatic rings. The first-order valence-corrected chi connectivity index (χ1v) is 6.15. The third-order valence-electron chi connectivity index (χ3n) is 2.95. The lowest BCUT2D eigenvalue weighted by atomic mass is 10.1. The number of rotatable bonds is 2. The Labute approximate surface area is 110 Å². The monoisotopic (exact) mass is 257 g/mol. The van der Waals surface area contributed by atoms with Gasteiger partial charge in [0, 0.05) is 12.6 Å². The Morgan fingerprint density at radius 1 is 1.17 bits per heavy atom. The molecule has 0 N–H and O–H groups in total. The molecule has 90 valence electrons. The van der Waals surface area contributed by atoms with Crippen molar-refractivity contribution >= 4 is 17.2 Å². The summed E-state index contributed by atoms with van der Waals surface area (Å²) in [6, 6.07) is 12.0. The molecule has 18 heavy (non-hydrogen) atoms. The van der Waals surface area contributed by atoms with Crippen LogP contribution in [0.5, 0.6) is 0 Å². The maximum atomic E-state index is 5.92. The molecule has 4 heteroatoms. The maximum absolute atomic E-state index is 5.92. The van der Waals surface area contributed by atoms with Crippen LogP contribution in [-0.4, -0.2) is 14.6 Å². The lowest BCUT2D eigenvalue weighted by molar-refractivity contribution is 0.897. The average molecular weight is 258 g/mol. The highest BCUT2D eigenvalue weighted by Crippen LogP contribution is 2.14. The van der Waals surface area contributed by atoms with Crippen molar-refractivity contribution in [2.24, 2.45) is 0 Å². The third kappa shape index (κ3) is 2.09. The minimum Gasteiger partial charge on any atom is -0.219 e. The van der Waals surface area contributed by atoms with E-state index in [1.54, 1.807) is 10.7 Å². The van der Waals surface area contributed by atoms with Gasteiger partial charge in [0.2, 0.25) is 0 Å². The molecule has 2 aromatic heterocycles. The fourth-order valence-electron chi connectivity index (χ4n) is 1.96. The van der Waals surface area contributed by atoms with E-state index in [1.165, 1.54) is 11.1 Å². The van der Waals surface area contributed by atoms with E-state index in [0.717, 1.165) is 17.9 Å². The highest BCUT2D eigenvalue weighted by Gasteiger charge is 2.06. The minimum atomic E-state index is 0.662. The number of hydrogen-bond donors (Lipinski definition) is 0. The van der Waals surface area contributed by atoms with E-state index in [2.05, 4.69) is 29.1 Å². The molecular formula is C14H12ClN3. The summed E-state index contributed by atoms with van der Waals surface area (Å²) in [5.74, 6) is 0.812. The number of halogens is 1. The van der Waals surface area contributed by atoms with Gasteiger partial charge in [-0.25, -0.2) is 9.50 Å². The van der Waals surface area contributed by atoms with Crippen molar-refractivity contribution in [3.63, 3.8) is 0 Å². The number of aromatic nitrogens is 3. The molecule has 0 unspecified atom stereocenters. The molecular weight excluding hydrogens is 246 g/mol. The van der Waals surface area contributed by atoms with Gasteiger partial charge in [0.05, 0.1) is 5.02 Å². The Morgan fingerprint density at radius 2 is 2.00 bits per heavy atom. The summed E-state index contributed by atoms with van der Waals surface area (Å²) >= 11 is 5.92. The Kier molecular flexibility index (Phi) is 2.76. The molecule has 0 atom stereocenters. The molecule has 0 spiro atoms. The maximum Gasteiger partial charge on any atom is 0.156 e. The number of fused-ring (bicyclic) bond motifs is 1. The normalized spacial score (nSPS) is 11.0. The lowest BCUT2D eigenvalue weighted by Gasteiger charge is -2.01. The minimum absolute atomic E-state index is 0.662. The second-order valence-electron chi connectivity index (χ2n) is 4.28. The highest BCUT2D eigenvalue weighted by molar-refractivity contribution is 6.30. The molecule has 0 amide bonds. The van der Waals surface area contributed by atoms with Gasteiger partial charge in [0.1, 0.15) is 0 Å². The van der Waals surface area contributed by atoms with Crippen molar-refractivity contribution in [2.45, 2.75) is 13.3 Å². The number of pyridine rings is 1. The Bertz CT molecular complexity index is 703. The molecule has 3 rings (SSSR count). The quantitative estimate of drug-likeness (QED) is 0.705. The SMILES string of the molecule is Cc1ccccc1Cc1nc2ccc(Cl)cn2n1. The fourth-order valence-corrected chi connectivity index (χ4v) is 2.11. The molecule has 0 bridgehead atoms. The first-order chi connectivity index (χ1) is 8.72. The van der Waals surface area contributed by atoms with Gasteiger partial charge >= 0.3 is 0 Å². The largest absolute Gasteiger partial charge is 0.219 e. The molecule has 0 fully saturated rings. The van der Waals surface area contributed by atoms with Gasteiger partial charge in [-0.05, 0) is 30.2 Å². The van der Waals surface area contributed by atoms with Crippen molar-refractivity contribution in [2.75, 3.05) is 0 Å². The molecule has 0 saturated heterocycles. The smallest absolute Gasteiger partial charge is 0.156 e. The second kappa shape index (κ2) is 4.42. The van der Waals surface area contributed by atoms with Crippen molar-refractivity contribution in [3.05, 3.63) is 64.6 Å². The molecule has 0 saturated carbocycles. The lowest BCUT2D eigenvalue weighted by Crippen LogP contribution is -1.94. The summed E-state index contributed by atoms with van der Waals surface area (Å²) in [6.45, 7) is 2.10. The van der Waals surface area contributed by atoms with E-state index in [1.807, 2.05) is 24.3 Å². The van der Waals surface area contributed by atoms with Crippen LogP contribution >= 0.6 is 11.6 Å². The summed E-state index contributed by atoms with van der Waals surface area (Å²) in [5, 5.41) is 5.09. The van der Waals surface area contributed by atoms with E-state index >= 15 is 0 Å². The molecule has 0 aliphatic carbocycles. The zero-order valence-electron chi connectivity index (χ0n) is 9.97. The van der Waals surface area contributed by atoms with Gasteiger partial charge in [0.15, 0.2) is 11.5 Å². The number of aryl methyl sites for hydroxylation is 1. The molecule has 1 aromatic carbocycles. The van der Waals surface area contributed by atoms with Crippen molar-refractivity contribution in [1.29, 1.82) is 0 Å². The van der Waals surface area contributed by atoms with Crippen molar-refractivity contribution in [3.8, 4) is 0 Å². The zero-order chi connectivity index (χ0) is 12.5. The predicted octanol–water partition coefficient (Wildman–Crippen LogP) is 3.28. The van der Waals surface area contributed by atoms with E-state index in [4.69, 9.17) is 11.6 Å². The molecule has 0 radical (unpaired) electrons. The second-order valence-corrected chi connectivity index (χ2v) is 4.72. The Balaban J connectivity index is 1.98. The fraction of sp³-hybridized carbons (Fsp3) is 0.143. The van der Waals surface area contributed by atoms with Gasteiger partial charge in [-0.15, -0.1) is 0 Å². The van der Waals surface area contributed by atoms with Crippen LogP contribution in [0.1, 0.15) is 17.0 Å². The van der Waals surface area contributed by atoms with Crippen LogP contribution in [0.4, 0.5) is 0 Å². The van der Waals surface area contributed by atoms with E-state index in [9.17, 15) is 0 Å². The van der Waals surface area contributed by atoms with Gasteiger partial charge in [-0.3, -0.25) is 0 Å². The van der Waals surface area contributed by atoms with Crippen LogP contribution in [0.25, 0.3) is 5.65 Å². The van der Waals surface area contributed by atoms with Crippen LogP contribution in [-0.2, 0) is 6.42 Å². The molecule has 3 nitrogen and oxygen atoms in total. The number of nitrogens with zero attached hydrogens (tertiary/aromatic N) is 3. The summed E-state index contributed by atoms with van der Waals surface area (Å²) in [5.41, 5.74) is 3.33. The molecule has 0 aliphatic heterocycles. The van der Waals surface area contributed by atoms with E-state index in [0.29, 0.717) is 5.02 Å². The zero-order valence-corrected chi connectivity index (χ0v) is 10.7. The Morgan fingerprint density at radius 3 is 2.83 bits per heavy atom. The van der Waals surface area contributed by atoms with Gasteiger partial charge in [0.25, 0.3) is 0 Å². The molecule has 3 aromatic rings. The standard InChI is InChI=1S/C14H12ClN3/c1-10-4-2-3-5-11(10)8-13-16-14-7-6-12(15)9-18(14)17-13/h2-7,9H,8H2,1H3. The van der Waals surface area contributed by atoms with Crippen molar-refractivity contribution < 1.29 is 0 Å². The third-order valence-corrected chi connectivity index (χ3v) is 3.17. The van der Waals surface area contributed by atoms with Crippen LogP contribution in [0.15, 0.2) is 42.6 Å². The molecule has 2 heterocycles. The average Bonchev–Trinajstić information content (AvgIpc) is 2.73. The van der Waals surface area contributed by atoms with E-state index in [-0.39, 0.29) is 0 Å². The highest BCUT2D eigenvalue weighted by atomic mass is 35.5. The predicted molar refractivity (Wildman–Crippen MR) is 72.0 cm³/mol. The van der Waals surface area contributed by atoms with Crippen LogP contribution in [0, 0.1) is 6.92 Å². The summed E-state index contributed by atoms with van der Waals surface area (Å²) in [4.78, 5) is 4.48. The topological polar surface area (TPSA) is 30.2 Å². The van der Waals surface area contributed by atoms with Gasteiger partial charge in [-0.1, -0.05) is 35.9 Å². The number of benzene rings is 1. The van der Waals surface area contributed by atoms with Gasteiger partial charge < -0.3 is 0 Å². The van der Waals surface area contributed by atoms with Gasteiger partial charge in [-0.2, -0.15) is 5.10 Å². The Hall–Kier alpha value is -1.87. The van der Waals surface area contributed by atoms with E-state index < -0.39 is 0 Å². The summed E-state index contributed by atoms with van der Waals surface area (Å²) in [7, 11) is 0. The van der Waals surface area contributed by atoms with Crippen LogP contribution in [0.3, 0.4) is 0 Å². The van der Waals surface area contributed by atoms with Crippen LogP contribution < -0.4 is 0 Å².